The van der Waals surface area contributed by atoms with Crippen LogP contribution in [-0.4, -0.2) is 26.8 Å². The highest BCUT2D eigenvalue weighted by molar-refractivity contribution is 5.40. The second-order valence-electron chi connectivity index (χ2n) is 3.48. The molecule has 2 aromatic rings. The van der Waals surface area contributed by atoms with Crippen molar-refractivity contribution >= 4 is 5.82 Å². The molecule has 2 rings (SSSR count). The van der Waals surface area contributed by atoms with E-state index < -0.39 is 0 Å². The monoisotopic (exact) mass is 217 g/mol. The van der Waals surface area contributed by atoms with Gasteiger partial charge in [-0.1, -0.05) is 6.92 Å². The summed E-state index contributed by atoms with van der Waals surface area (Å²) in [5.74, 6) is 2.47. The van der Waals surface area contributed by atoms with E-state index in [-0.39, 0.29) is 0 Å². The van der Waals surface area contributed by atoms with Gasteiger partial charge in [-0.2, -0.15) is 5.10 Å². The summed E-state index contributed by atoms with van der Waals surface area (Å²) in [6.07, 6.45) is 5.52. The highest BCUT2D eigenvalue weighted by Gasteiger charge is 2.04. The number of anilines is 1. The molecule has 0 fully saturated rings. The van der Waals surface area contributed by atoms with Gasteiger partial charge in [-0.25, -0.2) is 14.6 Å². The first kappa shape index (κ1) is 10.6. The van der Waals surface area contributed by atoms with E-state index in [0.29, 0.717) is 0 Å². The van der Waals surface area contributed by atoms with Crippen LogP contribution in [0.2, 0.25) is 0 Å². The van der Waals surface area contributed by atoms with E-state index in [1.807, 2.05) is 25.4 Å². The lowest BCUT2D eigenvalue weighted by atomic mass is 10.3. The van der Waals surface area contributed by atoms with Crippen LogP contribution in [0.5, 0.6) is 0 Å². The normalized spacial score (nSPS) is 10.4. The molecule has 0 radical (unpaired) electrons. The first-order valence-electron chi connectivity index (χ1n) is 5.39. The van der Waals surface area contributed by atoms with Crippen LogP contribution in [0.25, 0.3) is 5.82 Å². The van der Waals surface area contributed by atoms with Crippen molar-refractivity contribution < 1.29 is 0 Å². The van der Waals surface area contributed by atoms with Gasteiger partial charge in [0.05, 0.1) is 0 Å². The maximum absolute atomic E-state index is 4.46. The lowest BCUT2D eigenvalue weighted by Crippen LogP contribution is -2.06. The molecular weight excluding hydrogens is 202 g/mol. The molecule has 84 valence electrons. The van der Waals surface area contributed by atoms with E-state index in [0.717, 1.165) is 30.3 Å². The molecule has 0 saturated carbocycles. The predicted octanol–water partition coefficient (Wildman–Crippen LogP) is 1.66. The molecule has 2 heterocycles. The first-order chi connectivity index (χ1) is 7.83. The third kappa shape index (κ3) is 2.18. The van der Waals surface area contributed by atoms with Gasteiger partial charge < -0.3 is 5.32 Å². The minimum Gasteiger partial charge on any atom is -0.373 e. The molecule has 5 heteroatoms. The van der Waals surface area contributed by atoms with Gasteiger partial charge in [-0.15, -0.1) is 0 Å². The van der Waals surface area contributed by atoms with Gasteiger partial charge in [0.1, 0.15) is 11.6 Å². The molecule has 2 aromatic heterocycles. The van der Waals surface area contributed by atoms with Gasteiger partial charge in [0, 0.05) is 31.9 Å². The van der Waals surface area contributed by atoms with Crippen LogP contribution < -0.4 is 5.32 Å². The summed E-state index contributed by atoms with van der Waals surface area (Å²) in [7, 11) is 1.85. The molecule has 0 bridgehead atoms. The Morgan fingerprint density at radius 3 is 2.88 bits per heavy atom. The van der Waals surface area contributed by atoms with Crippen molar-refractivity contribution in [3.8, 4) is 5.82 Å². The maximum Gasteiger partial charge on any atom is 0.159 e. The van der Waals surface area contributed by atoms with Gasteiger partial charge in [0.25, 0.3) is 0 Å². The molecule has 0 aliphatic carbocycles. The summed E-state index contributed by atoms with van der Waals surface area (Å²) in [5, 5.41) is 7.20. The van der Waals surface area contributed by atoms with Crippen molar-refractivity contribution in [2.45, 2.75) is 19.8 Å². The average Bonchev–Trinajstić information content (AvgIpc) is 2.82. The third-order valence-corrected chi connectivity index (χ3v) is 2.23. The van der Waals surface area contributed by atoms with Gasteiger partial charge in [0.15, 0.2) is 5.82 Å². The summed E-state index contributed by atoms with van der Waals surface area (Å²) in [6, 6.07) is 3.76. The number of aryl methyl sites for hydroxylation is 1. The average molecular weight is 217 g/mol. The van der Waals surface area contributed by atoms with E-state index in [1.165, 1.54) is 0 Å². The van der Waals surface area contributed by atoms with Gasteiger partial charge >= 0.3 is 0 Å². The lowest BCUT2D eigenvalue weighted by Gasteiger charge is -2.06. The topological polar surface area (TPSA) is 55.6 Å². The Morgan fingerprint density at radius 1 is 1.38 bits per heavy atom. The molecule has 0 unspecified atom stereocenters. The number of nitrogens with zero attached hydrogens (tertiary/aromatic N) is 4. The smallest absolute Gasteiger partial charge is 0.159 e. The molecule has 0 amide bonds. The lowest BCUT2D eigenvalue weighted by molar-refractivity contribution is 0.786. The quantitative estimate of drug-likeness (QED) is 0.846. The van der Waals surface area contributed by atoms with Crippen LogP contribution in [-0.2, 0) is 6.42 Å². The number of hydrogen-bond donors (Lipinski definition) is 1. The fourth-order valence-electron chi connectivity index (χ4n) is 1.47. The van der Waals surface area contributed by atoms with Gasteiger partial charge in [0.2, 0.25) is 0 Å². The van der Waals surface area contributed by atoms with E-state index >= 15 is 0 Å². The molecule has 5 nitrogen and oxygen atoms in total. The Labute approximate surface area is 94.5 Å². The highest BCUT2D eigenvalue weighted by Crippen LogP contribution is 2.10. The third-order valence-electron chi connectivity index (χ3n) is 2.23. The van der Waals surface area contributed by atoms with Crippen molar-refractivity contribution in [1.29, 1.82) is 0 Å². The van der Waals surface area contributed by atoms with Crippen LogP contribution in [0, 0.1) is 0 Å². The van der Waals surface area contributed by atoms with Crippen LogP contribution in [0.15, 0.2) is 24.5 Å². The first-order valence-corrected chi connectivity index (χ1v) is 5.39. The van der Waals surface area contributed by atoms with Crippen LogP contribution in [0.3, 0.4) is 0 Å². The zero-order valence-corrected chi connectivity index (χ0v) is 9.51. The predicted molar refractivity (Wildman–Crippen MR) is 62.7 cm³/mol. The fraction of sp³-hybridized carbons (Fsp3) is 0.364. The summed E-state index contributed by atoms with van der Waals surface area (Å²) in [5.41, 5.74) is 0. The zero-order valence-electron chi connectivity index (χ0n) is 9.51. The second kappa shape index (κ2) is 4.74. The van der Waals surface area contributed by atoms with Crippen LogP contribution in [0.1, 0.15) is 19.2 Å². The molecule has 0 saturated heterocycles. The molecule has 16 heavy (non-hydrogen) atoms. The summed E-state index contributed by atoms with van der Waals surface area (Å²) < 4.78 is 1.74. The van der Waals surface area contributed by atoms with E-state index in [2.05, 4.69) is 27.3 Å². The number of nitrogens with one attached hydrogen (secondary N) is 1. The maximum atomic E-state index is 4.46. The van der Waals surface area contributed by atoms with E-state index in [9.17, 15) is 0 Å². The highest BCUT2D eigenvalue weighted by atomic mass is 15.3. The van der Waals surface area contributed by atoms with E-state index in [1.54, 1.807) is 10.9 Å². The molecule has 0 aliphatic rings. The molecular formula is C11H15N5. The van der Waals surface area contributed by atoms with Gasteiger partial charge in [-0.05, 0) is 12.5 Å². The molecule has 0 atom stereocenters. The van der Waals surface area contributed by atoms with Crippen LogP contribution in [0.4, 0.5) is 5.82 Å². The SMILES string of the molecule is CCCc1nc(NC)cc(-n2cccn2)n1. The Bertz CT molecular complexity index is 449. The van der Waals surface area contributed by atoms with Crippen molar-refractivity contribution in [2.75, 3.05) is 12.4 Å². The molecule has 0 aliphatic heterocycles. The van der Waals surface area contributed by atoms with Crippen LogP contribution >= 0.6 is 0 Å². The second-order valence-corrected chi connectivity index (χ2v) is 3.48. The minimum absolute atomic E-state index is 0.799. The summed E-state index contributed by atoms with van der Waals surface area (Å²) >= 11 is 0. The fourth-order valence-corrected chi connectivity index (χ4v) is 1.47. The number of aromatic nitrogens is 4. The number of hydrogen-bond acceptors (Lipinski definition) is 4. The van der Waals surface area contributed by atoms with E-state index in [4.69, 9.17) is 0 Å². The van der Waals surface area contributed by atoms with Crippen molar-refractivity contribution in [1.82, 2.24) is 19.7 Å². The molecule has 1 N–H and O–H groups in total. The Hall–Kier alpha value is -1.91. The Morgan fingerprint density at radius 2 is 2.25 bits per heavy atom. The Kier molecular flexibility index (Phi) is 3.14. The molecule has 0 spiro atoms. The van der Waals surface area contributed by atoms with Crippen molar-refractivity contribution in [3.63, 3.8) is 0 Å². The summed E-state index contributed by atoms with van der Waals surface area (Å²) in [6.45, 7) is 2.11. The van der Waals surface area contributed by atoms with Crippen molar-refractivity contribution in [3.05, 3.63) is 30.4 Å². The van der Waals surface area contributed by atoms with Gasteiger partial charge in [-0.3, -0.25) is 0 Å². The Balaban J connectivity index is 2.41. The summed E-state index contributed by atoms with van der Waals surface area (Å²) in [4.78, 5) is 8.85. The zero-order chi connectivity index (χ0) is 11.4. The minimum atomic E-state index is 0.799. The van der Waals surface area contributed by atoms with Crippen molar-refractivity contribution in [2.24, 2.45) is 0 Å². The largest absolute Gasteiger partial charge is 0.373 e. The molecule has 0 aromatic carbocycles. The number of rotatable bonds is 4. The standard InChI is InChI=1S/C11H15N5/c1-3-5-9-14-10(12-2)8-11(15-9)16-7-4-6-13-16/h4,6-8H,3,5H2,1-2H3,(H,12,14,15).